The number of benzene rings is 3. The van der Waals surface area contributed by atoms with Gasteiger partial charge in [-0.1, -0.05) is 126 Å². The first-order valence-electron chi connectivity index (χ1n) is 19.4. The van der Waals surface area contributed by atoms with Gasteiger partial charge in [-0.3, -0.25) is 34.3 Å². The van der Waals surface area contributed by atoms with Crippen molar-refractivity contribution in [2.45, 2.75) is 89.2 Å². The number of hydrogen-bond acceptors (Lipinski definition) is 11. The molecule has 2 aromatic heterocycles. The molecule has 306 valence electrons. The number of H-pyrrole nitrogens is 1. The van der Waals surface area contributed by atoms with Crippen molar-refractivity contribution in [2.75, 3.05) is 18.5 Å². The van der Waals surface area contributed by atoms with E-state index in [4.69, 9.17) is 23.5 Å². The van der Waals surface area contributed by atoms with E-state index in [9.17, 15) is 14.2 Å². The lowest BCUT2D eigenvalue weighted by molar-refractivity contribution is -0.118. The van der Waals surface area contributed by atoms with Gasteiger partial charge in [-0.25, -0.2) is 4.98 Å². The molecule has 0 spiro atoms. The van der Waals surface area contributed by atoms with Crippen molar-refractivity contribution >= 4 is 39.6 Å². The van der Waals surface area contributed by atoms with E-state index >= 15 is 0 Å². The van der Waals surface area contributed by atoms with E-state index in [0.717, 1.165) is 16.7 Å². The molecule has 3 N–H and O–H groups in total. The highest BCUT2D eigenvalue weighted by Gasteiger charge is 2.54. The molecule has 3 aromatic carbocycles. The molecule has 58 heavy (non-hydrogen) atoms. The number of carbonyl (C=O) groups is 1. The maximum Gasteiger partial charge on any atom is 0.319 e. The molecule has 5 atom stereocenters. The summed E-state index contributed by atoms with van der Waals surface area (Å²) >= 11 is 0. The van der Waals surface area contributed by atoms with E-state index in [1.807, 2.05) is 60.7 Å². The summed E-state index contributed by atoms with van der Waals surface area (Å²) in [5.41, 5.74) is 1.53. The zero-order valence-electron chi connectivity index (χ0n) is 33.9. The number of ether oxygens (including phenoxy) is 1. The van der Waals surface area contributed by atoms with Gasteiger partial charge in [0.05, 0.1) is 43.6 Å². The van der Waals surface area contributed by atoms with Gasteiger partial charge in [0.15, 0.2) is 25.7 Å². The van der Waals surface area contributed by atoms with Crippen LogP contribution in [0.4, 0.5) is 5.95 Å². The smallest absolute Gasteiger partial charge is 0.319 e. The Morgan fingerprint density at radius 1 is 0.983 bits per heavy atom. The Labute approximate surface area is 340 Å². The van der Waals surface area contributed by atoms with Crippen LogP contribution in [-0.4, -0.2) is 65.2 Å². The van der Waals surface area contributed by atoms with Gasteiger partial charge in [0.1, 0.15) is 12.2 Å². The Morgan fingerprint density at radius 2 is 1.55 bits per heavy atom. The highest BCUT2D eigenvalue weighted by molar-refractivity contribution is 7.33. The molecule has 5 aromatic rings. The average molecular weight is 826 g/mol. The van der Waals surface area contributed by atoms with Crippen LogP contribution >= 0.6 is 8.25 Å². The molecular formula is C42H52N7O7PSi. The molecule has 0 aliphatic carbocycles. The maximum absolute atomic E-state index is 13.4. The van der Waals surface area contributed by atoms with Crippen molar-refractivity contribution in [1.29, 1.82) is 5.26 Å². The second-order valence-electron chi connectivity index (χ2n) is 16.1. The molecule has 1 amide bonds. The molecule has 1 unspecified atom stereocenters. The van der Waals surface area contributed by atoms with Crippen molar-refractivity contribution in [1.82, 2.24) is 24.8 Å². The summed E-state index contributed by atoms with van der Waals surface area (Å²) in [4.78, 5) is 37.9. The van der Waals surface area contributed by atoms with E-state index in [2.05, 4.69) is 95.8 Å². The third kappa shape index (κ3) is 9.09. The second kappa shape index (κ2) is 18.0. The molecule has 3 heterocycles. The fourth-order valence-electron chi connectivity index (χ4n) is 6.79. The van der Waals surface area contributed by atoms with Gasteiger partial charge >= 0.3 is 8.25 Å². The predicted molar refractivity (Wildman–Crippen MR) is 225 cm³/mol. The first kappa shape index (κ1) is 42.8. The van der Waals surface area contributed by atoms with Gasteiger partial charge in [0.2, 0.25) is 11.9 Å². The van der Waals surface area contributed by atoms with Crippen LogP contribution in [0, 0.1) is 17.2 Å². The number of aromatic nitrogens is 4. The summed E-state index contributed by atoms with van der Waals surface area (Å²) in [5.74, 6) is -0.719. The molecule has 0 saturated carbocycles. The lowest BCUT2D eigenvalue weighted by Gasteiger charge is -2.44. The minimum absolute atomic E-state index is 0.0308. The summed E-state index contributed by atoms with van der Waals surface area (Å²) < 4.78 is 40.4. The molecule has 14 nitrogen and oxygen atoms in total. The number of imidazole rings is 1. The minimum atomic E-state index is -3.04. The highest BCUT2D eigenvalue weighted by atomic mass is 31.1. The number of amides is 1. The zero-order chi connectivity index (χ0) is 41.7. The van der Waals surface area contributed by atoms with Crippen molar-refractivity contribution in [3.05, 3.63) is 124 Å². The van der Waals surface area contributed by atoms with Crippen molar-refractivity contribution < 1.29 is 27.6 Å². The topological polar surface area (TPSA) is 182 Å². The monoisotopic (exact) mass is 825 g/mol. The van der Waals surface area contributed by atoms with Crippen molar-refractivity contribution in [3.63, 3.8) is 0 Å². The lowest BCUT2D eigenvalue weighted by Crippen LogP contribution is -2.59. The number of fused-ring (bicyclic) bond motifs is 1. The first-order valence-corrected chi connectivity index (χ1v) is 23.5. The number of aromatic amines is 1. The highest BCUT2D eigenvalue weighted by Crippen LogP contribution is 2.46. The third-order valence-electron chi connectivity index (χ3n) is 10.9. The number of nitriles is 1. The van der Waals surface area contributed by atoms with Gasteiger partial charge < -0.3 is 18.2 Å². The summed E-state index contributed by atoms with van der Waals surface area (Å²) in [7, 11) is -5.69. The molecule has 1 aliphatic rings. The number of carbonyl (C=O) groups excluding carboxylic acids is 1. The van der Waals surface area contributed by atoms with Gasteiger partial charge in [-0.15, -0.1) is 0 Å². The van der Waals surface area contributed by atoms with Crippen LogP contribution in [0.25, 0.3) is 11.2 Å². The standard InChI is InChI=1S/C42H52N7O7PSi/c1-28(2)37(50)46-40-45-36-34(38(51)47-40)44-27-49(36)39-35(56-58(6,7)41(3,4)5)33(32(55-39)26-54-57(52)53-25-17-24-43)48-42(29-18-11-8-12-19-29,30-20-13-9-14-21-30)31-22-15-10-16-23-31/h8-16,18-23,27-28,32-33,35,39,48,57H,17,25-26H2,1-7H3,(H2,45,46,47,50,51)/t32-,33-,35-,39-/m1/s1. The molecule has 1 fully saturated rings. The van der Waals surface area contributed by atoms with Crippen molar-refractivity contribution in [3.8, 4) is 6.07 Å². The number of nitrogens with one attached hydrogen (secondary N) is 3. The SMILES string of the molecule is CC(C)C(=O)Nc1nc2c(ncn2[C@@H]2O[C@H](CO[PH](=O)OCCC#N)[C@@H](NC(c3ccccc3)(c3ccccc3)c3ccccc3)[C@H]2O[Si](C)(C)C(C)(C)C)c(=O)[nH]1. The van der Waals surface area contributed by atoms with Gasteiger partial charge in [-0.2, -0.15) is 10.2 Å². The Morgan fingerprint density at radius 3 is 2.07 bits per heavy atom. The number of anilines is 1. The zero-order valence-corrected chi connectivity index (χ0v) is 35.9. The molecule has 1 aliphatic heterocycles. The van der Waals surface area contributed by atoms with Crippen LogP contribution in [0.5, 0.6) is 0 Å². The Kier molecular flexibility index (Phi) is 13.3. The first-order chi connectivity index (χ1) is 27.7. The van der Waals surface area contributed by atoms with Gasteiger partial charge in [0.25, 0.3) is 5.56 Å². The Hall–Kier alpha value is -4.78. The van der Waals surface area contributed by atoms with E-state index < -0.39 is 52.1 Å². The quantitative estimate of drug-likeness (QED) is 0.0393. The van der Waals surface area contributed by atoms with Crippen LogP contribution in [-0.2, 0) is 33.1 Å². The molecule has 0 bridgehead atoms. The Bertz CT molecular complexity index is 2200. The van der Waals surface area contributed by atoms with Gasteiger partial charge in [-0.05, 0) is 34.8 Å². The molecule has 0 radical (unpaired) electrons. The number of hydrogen-bond donors (Lipinski definition) is 3. The summed E-state index contributed by atoms with van der Waals surface area (Å²) in [6.07, 6.45) is -1.01. The van der Waals surface area contributed by atoms with E-state index in [-0.39, 0.29) is 53.6 Å². The van der Waals surface area contributed by atoms with Crippen LogP contribution in [0.2, 0.25) is 18.1 Å². The van der Waals surface area contributed by atoms with Crippen LogP contribution in [0.1, 0.15) is 64.0 Å². The molecule has 1 saturated heterocycles. The average Bonchev–Trinajstić information content (AvgIpc) is 3.77. The predicted octanol–water partition coefficient (Wildman–Crippen LogP) is 7.29. The van der Waals surface area contributed by atoms with Crippen molar-refractivity contribution in [2.24, 2.45) is 5.92 Å². The van der Waals surface area contributed by atoms with Crippen LogP contribution < -0.4 is 16.2 Å². The minimum Gasteiger partial charge on any atom is -0.408 e. The fourth-order valence-corrected chi connectivity index (χ4v) is 8.74. The van der Waals surface area contributed by atoms with E-state index in [1.165, 1.54) is 6.33 Å². The van der Waals surface area contributed by atoms with Crippen LogP contribution in [0.15, 0.2) is 102 Å². The largest absolute Gasteiger partial charge is 0.408 e. The second-order valence-corrected chi connectivity index (χ2v) is 22.0. The van der Waals surface area contributed by atoms with Gasteiger partial charge in [0, 0.05) is 5.92 Å². The summed E-state index contributed by atoms with van der Waals surface area (Å²) in [5, 5.41) is 15.6. The molecule has 16 heteroatoms. The molecular weight excluding hydrogens is 774 g/mol. The maximum atomic E-state index is 13.4. The number of nitrogens with zero attached hydrogens (tertiary/aromatic N) is 4. The van der Waals surface area contributed by atoms with E-state index in [0.29, 0.717) is 0 Å². The Balaban J connectivity index is 1.57. The van der Waals surface area contributed by atoms with E-state index in [1.54, 1.807) is 18.4 Å². The summed E-state index contributed by atoms with van der Waals surface area (Å²) in [6, 6.07) is 31.6. The number of rotatable bonds is 16. The lowest BCUT2D eigenvalue weighted by atomic mass is 9.76. The summed E-state index contributed by atoms with van der Waals surface area (Å²) in [6.45, 7) is 14.0. The normalized spacial score (nSPS) is 19.3. The molecule has 6 rings (SSSR count). The fraction of sp³-hybridized carbons (Fsp3) is 0.405. The third-order valence-corrected chi connectivity index (χ3v) is 16.2. The van der Waals surface area contributed by atoms with Crippen LogP contribution in [0.3, 0.4) is 0 Å².